The van der Waals surface area contributed by atoms with Crippen molar-refractivity contribution >= 4 is 21.8 Å². The van der Waals surface area contributed by atoms with Crippen molar-refractivity contribution in [3.63, 3.8) is 0 Å². The van der Waals surface area contributed by atoms with Crippen LogP contribution in [0.15, 0.2) is 28.0 Å². The lowest BCUT2D eigenvalue weighted by atomic mass is 10.1. The van der Waals surface area contributed by atoms with Crippen LogP contribution in [0.4, 0.5) is 0 Å². The summed E-state index contributed by atoms with van der Waals surface area (Å²) >= 11 is 1.42. The first-order chi connectivity index (χ1) is 8.27. The molecule has 1 unspecified atom stereocenters. The van der Waals surface area contributed by atoms with Gasteiger partial charge in [-0.05, 0) is 19.2 Å². The Balaban J connectivity index is 2.77. The average molecular weight is 292 g/mol. The van der Waals surface area contributed by atoms with Gasteiger partial charge in [-0.3, -0.25) is 4.79 Å². The summed E-state index contributed by atoms with van der Waals surface area (Å²) in [7, 11) is -3.72. The summed E-state index contributed by atoms with van der Waals surface area (Å²) in [5.41, 5.74) is -1.49. The molecule has 6 nitrogen and oxygen atoms in total. The molecule has 0 aromatic carbocycles. The van der Waals surface area contributed by atoms with Gasteiger partial charge in [-0.15, -0.1) is 0 Å². The number of pyridine rings is 1. The Hall–Kier alpha value is -0.830. The van der Waals surface area contributed by atoms with Crippen molar-refractivity contribution in [2.45, 2.75) is 17.4 Å². The number of H-pyrrole nitrogens is 1. The zero-order valence-electron chi connectivity index (χ0n) is 10.1. The SMILES string of the molecule is CSCC(C)(O)CNS(=O)(=O)c1ccc(=O)[nH]c1. The molecule has 102 valence electrons. The molecule has 0 spiro atoms. The Morgan fingerprint density at radius 2 is 2.17 bits per heavy atom. The van der Waals surface area contributed by atoms with E-state index in [-0.39, 0.29) is 17.0 Å². The van der Waals surface area contributed by atoms with Gasteiger partial charge in [0.2, 0.25) is 15.6 Å². The second-order valence-corrected chi connectivity index (χ2v) is 6.78. The maximum Gasteiger partial charge on any atom is 0.247 e. The van der Waals surface area contributed by atoms with Crippen LogP contribution in [0.3, 0.4) is 0 Å². The topological polar surface area (TPSA) is 99.3 Å². The number of aliphatic hydroxyl groups is 1. The van der Waals surface area contributed by atoms with Crippen LogP contribution >= 0.6 is 11.8 Å². The van der Waals surface area contributed by atoms with Crippen molar-refractivity contribution in [2.24, 2.45) is 0 Å². The molecule has 0 amide bonds. The highest BCUT2D eigenvalue weighted by Gasteiger charge is 2.23. The summed E-state index contributed by atoms with van der Waals surface area (Å²) in [6.07, 6.45) is 2.94. The molecule has 18 heavy (non-hydrogen) atoms. The molecule has 0 saturated carbocycles. The third-order valence-electron chi connectivity index (χ3n) is 2.16. The van der Waals surface area contributed by atoms with E-state index in [0.29, 0.717) is 5.75 Å². The third kappa shape index (κ3) is 4.45. The van der Waals surface area contributed by atoms with Crippen LogP contribution in [0.1, 0.15) is 6.92 Å². The van der Waals surface area contributed by atoms with E-state index in [1.54, 1.807) is 6.92 Å². The zero-order valence-corrected chi connectivity index (χ0v) is 11.8. The average Bonchev–Trinajstić information content (AvgIpc) is 2.27. The number of hydrogen-bond donors (Lipinski definition) is 3. The minimum absolute atomic E-state index is 0.0398. The number of aromatic amines is 1. The van der Waals surface area contributed by atoms with Crippen LogP contribution in [0, 0.1) is 0 Å². The molecule has 1 rings (SSSR count). The molecule has 1 atom stereocenters. The first kappa shape index (κ1) is 15.2. The lowest BCUT2D eigenvalue weighted by Gasteiger charge is -2.22. The van der Waals surface area contributed by atoms with Gasteiger partial charge in [0.05, 0.1) is 10.5 Å². The molecule has 0 bridgehead atoms. The fraction of sp³-hybridized carbons (Fsp3) is 0.500. The summed E-state index contributed by atoms with van der Waals surface area (Å²) in [5.74, 6) is 0.418. The van der Waals surface area contributed by atoms with Crippen LogP contribution in [0.2, 0.25) is 0 Å². The molecule has 1 heterocycles. The second-order valence-electron chi connectivity index (χ2n) is 4.14. The van der Waals surface area contributed by atoms with Gasteiger partial charge in [0.15, 0.2) is 0 Å². The predicted octanol–water partition coefficient (Wildman–Crippen LogP) is -0.233. The number of nitrogens with one attached hydrogen (secondary N) is 2. The molecular formula is C10H16N2O4S2. The van der Waals surface area contributed by atoms with Gasteiger partial charge < -0.3 is 10.1 Å². The summed E-state index contributed by atoms with van der Waals surface area (Å²) in [6, 6.07) is 2.35. The molecular weight excluding hydrogens is 276 g/mol. The van der Waals surface area contributed by atoms with Gasteiger partial charge in [-0.1, -0.05) is 0 Å². The van der Waals surface area contributed by atoms with Crippen LogP contribution in [-0.4, -0.2) is 42.7 Å². The van der Waals surface area contributed by atoms with E-state index in [9.17, 15) is 18.3 Å². The minimum Gasteiger partial charge on any atom is -0.388 e. The van der Waals surface area contributed by atoms with E-state index < -0.39 is 15.6 Å². The number of aromatic nitrogens is 1. The van der Waals surface area contributed by atoms with Gasteiger partial charge >= 0.3 is 0 Å². The number of sulfonamides is 1. The molecule has 3 N–H and O–H groups in total. The van der Waals surface area contributed by atoms with Gasteiger partial charge in [-0.2, -0.15) is 11.8 Å². The maximum atomic E-state index is 11.8. The Kier molecular flexibility index (Phi) is 4.97. The summed E-state index contributed by atoms with van der Waals surface area (Å²) < 4.78 is 26.0. The number of thioether (sulfide) groups is 1. The monoisotopic (exact) mass is 292 g/mol. The first-order valence-corrected chi connectivity index (χ1v) is 8.04. The molecule has 0 saturated heterocycles. The lowest BCUT2D eigenvalue weighted by molar-refractivity contribution is 0.0908. The normalized spacial score (nSPS) is 15.3. The van der Waals surface area contributed by atoms with Gasteiger partial charge in [0.25, 0.3) is 0 Å². The van der Waals surface area contributed by atoms with Gasteiger partial charge in [0, 0.05) is 24.6 Å². The third-order valence-corrected chi connectivity index (χ3v) is 4.47. The van der Waals surface area contributed by atoms with Gasteiger partial charge in [0.1, 0.15) is 0 Å². The summed E-state index contributed by atoms with van der Waals surface area (Å²) in [5, 5.41) is 9.86. The fourth-order valence-corrected chi connectivity index (χ4v) is 3.11. The van der Waals surface area contributed by atoms with Crippen molar-refractivity contribution in [1.82, 2.24) is 9.71 Å². The summed E-state index contributed by atoms with van der Waals surface area (Å²) in [6.45, 7) is 1.47. The first-order valence-electron chi connectivity index (χ1n) is 5.16. The zero-order chi connectivity index (χ0) is 13.8. The quantitative estimate of drug-likeness (QED) is 0.672. The molecule has 0 fully saturated rings. The Labute approximate surface area is 110 Å². The van der Waals surface area contributed by atoms with E-state index in [1.807, 2.05) is 6.26 Å². The van der Waals surface area contributed by atoms with E-state index >= 15 is 0 Å². The van der Waals surface area contributed by atoms with Crippen molar-refractivity contribution in [1.29, 1.82) is 0 Å². The highest BCUT2D eigenvalue weighted by Crippen LogP contribution is 2.11. The molecule has 1 aromatic heterocycles. The largest absolute Gasteiger partial charge is 0.388 e. The van der Waals surface area contributed by atoms with E-state index in [2.05, 4.69) is 9.71 Å². The van der Waals surface area contributed by atoms with Crippen LogP contribution < -0.4 is 10.3 Å². The van der Waals surface area contributed by atoms with Crippen LogP contribution in [-0.2, 0) is 10.0 Å². The lowest BCUT2D eigenvalue weighted by Crippen LogP contribution is -2.42. The van der Waals surface area contributed by atoms with E-state index in [4.69, 9.17) is 0 Å². The Morgan fingerprint density at radius 3 is 2.67 bits per heavy atom. The molecule has 0 radical (unpaired) electrons. The summed E-state index contributed by atoms with van der Waals surface area (Å²) in [4.78, 5) is 13.1. The second kappa shape index (κ2) is 5.87. The molecule has 0 aliphatic heterocycles. The fourth-order valence-electron chi connectivity index (χ4n) is 1.26. The minimum atomic E-state index is -3.72. The number of rotatable bonds is 6. The van der Waals surface area contributed by atoms with E-state index in [1.165, 1.54) is 17.8 Å². The molecule has 8 heteroatoms. The van der Waals surface area contributed by atoms with Crippen molar-refractivity contribution in [3.05, 3.63) is 28.7 Å². The molecule has 1 aromatic rings. The van der Waals surface area contributed by atoms with Crippen molar-refractivity contribution in [2.75, 3.05) is 18.6 Å². The standard InChI is InChI=1S/C10H16N2O4S2/c1-10(14,7-17-2)6-12-18(15,16)8-3-4-9(13)11-5-8/h3-5,12,14H,6-7H2,1-2H3,(H,11,13). The molecule has 0 aliphatic carbocycles. The van der Waals surface area contributed by atoms with Crippen LogP contribution in [0.5, 0.6) is 0 Å². The number of hydrogen-bond acceptors (Lipinski definition) is 5. The van der Waals surface area contributed by atoms with Crippen molar-refractivity contribution in [3.8, 4) is 0 Å². The predicted molar refractivity (Wildman–Crippen MR) is 71.3 cm³/mol. The van der Waals surface area contributed by atoms with Gasteiger partial charge in [-0.25, -0.2) is 13.1 Å². The Bertz CT molecular complexity index is 531. The van der Waals surface area contributed by atoms with Crippen LogP contribution in [0.25, 0.3) is 0 Å². The highest BCUT2D eigenvalue weighted by molar-refractivity contribution is 7.98. The Morgan fingerprint density at radius 1 is 1.50 bits per heavy atom. The maximum absolute atomic E-state index is 11.8. The van der Waals surface area contributed by atoms with E-state index in [0.717, 1.165) is 12.3 Å². The molecule has 0 aliphatic rings. The van der Waals surface area contributed by atoms with Crippen molar-refractivity contribution < 1.29 is 13.5 Å². The highest BCUT2D eigenvalue weighted by atomic mass is 32.2. The smallest absolute Gasteiger partial charge is 0.247 e.